The minimum absolute atomic E-state index is 0.0215. The number of aliphatic hydroxyl groups excluding tert-OH is 1. The summed E-state index contributed by atoms with van der Waals surface area (Å²) in [5, 5.41) is 12.2. The molecule has 0 fully saturated rings. The Morgan fingerprint density at radius 1 is 1.60 bits per heavy atom. The lowest BCUT2D eigenvalue weighted by Gasteiger charge is -2.21. The molecule has 0 saturated carbocycles. The number of carbonyl (C=O) groups excluding carboxylic acids is 1. The van der Waals surface area contributed by atoms with E-state index in [1.165, 1.54) is 0 Å². The van der Waals surface area contributed by atoms with E-state index in [4.69, 9.17) is 10.8 Å². The number of nitrogens with two attached hydrogens (primary N) is 1. The third kappa shape index (κ3) is 1.73. The van der Waals surface area contributed by atoms with E-state index in [9.17, 15) is 4.79 Å². The van der Waals surface area contributed by atoms with Crippen LogP contribution in [0, 0.1) is 5.92 Å². The smallest absolute Gasteiger partial charge is 0.173 e. The van der Waals surface area contributed by atoms with Crippen LogP contribution in [0.25, 0.3) is 0 Å². The van der Waals surface area contributed by atoms with E-state index in [1.807, 2.05) is 18.2 Å². The quantitative estimate of drug-likeness (QED) is 0.580. The van der Waals surface area contributed by atoms with Crippen LogP contribution >= 0.6 is 0 Å². The normalized spacial score (nSPS) is 27.9. The van der Waals surface area contributed by atoms with E-state index in [1.54, 1.807) is 6.08 Å². The highest BCUT2D eigenvalue weighted by Crippen LogP contribution is 2.28. The van der Waals surface area contributed by atoms with Crippen molar-refractivity contribution < 1.29 is 9.90 Å². The van der Waals surface area contributed by atoms with Crippen LogP contribution in [0.1, 0.15) is 0 Å². The molecule has 4 nitrogen and oxygen atoms in total. The third-order valence-electron chi connectivity index (χ3n) is 2.75. The first-order valence-electron chi connectivity index (χ1n) is 4.96. The van der Waals surface area contributed by atoms with Gasteiger partial charge in [0.25, 0.3) is 0 Å². The molecule has 0 spiro atoms. The zero-order valence-corrected chi connectivity index (χ0v) is 8.31. The minimum atomic E-state index is -0.0356. The predicted octanol–water partition coefficient (Wildman–Crippen LogP) is -0.525. The summed E-state index contributed by atoms with van der Waals surface area (Å²) in [7, 11) is 0. The lowest BCUT2D eigenvalue weighted by Crippen LogP contribution is -2.33. The Bertz CT molecular complexity index is 369. The van der Waals surface area contributed by atoms with Gasteiger partial charge in [0.2, 0.25) is 0 Å². The van der Waals surface area contributed by atoms with Crippen molar-refractivity contribution in [1.82, 2.24) is 5.32 Å². The summed E-state index contributed by atoms with van der Waals surface area (Å²) in [4.78, 5) is 11.6. The average Bonchev–Trinajstić information content (AvgIpc) is 2.70. The molecule has 0 radical (unpaired) electrons. The maximum atomic E-state index is 11.6. The number of rotatable bonds is 3. The second-order valence-electron chi connectivity index (χ2n) is 3.68. The number of Topliss-reactive ketones (excluding diaryl/α,β-unsaturated/α-hetero) is 1. The van der Waals surface area contributed by atoms with E-state index < -0.39 is 0 Å². The van der Waals surface area contributed by atoms with Crippen molar-refractivity contribution >= 4 is 5.78 Å². The molecule has 0 amide bonds. The molecule has 80 valence electrons. The molecular weight excluding hydrogens is 192 g/mol. The average molecular weight is 206 g/mol. The Hall–Kier alpha value is -1.39. The van der Waals surface area contributed by atoms with Gasteiger partial charge in [-0.05, 0) is 0 Å². The summed E-state index contributed by atoms with van der Waals surface area (Å²) in [6, 6.07) is 0.0858. The fourth-order valence-electron chi connectivity index (χ4n) is 2.01. The molecule has 2 aliphatic rings. The van der Waals surface area contributed by atoms with Crippen LogP contribution in [0.2, 0.25) is 0 Å². The van der Waals surface area contributed by atoms with E-state index in [0.29, 0.717) is 0 Å². The van der Waals surface area contributed by atoms with Crippen LogP contribution in [-0.4, -0.2) is 30.1 Å². The molecule has 1 aliphatic carbocycles. The van der Waals surface area contributed by atoms with Gasteiger partial charge in [-0.25, -0.2) is 0 Å². The molecule has 1 heterocycles. The molecule has 0 aromatic rings. The zero-order valence-electron chi connectivity index (χ0n) is 8.31. The number of aliphatic hydroxyl groups is 1. The Morgan fingerprint density at radius 3 is 3.07 bits per heavy atom. The van der Waals surface area contributed by atoms with Gasteiger partial charge >= 0.3 is 0 Å². The maximum absolute atomic E-state index is 11.6. The van der Waals surface area contributed by atoms with Gasteiger partial charge in [0.1, 0.15) is 0 Å². The Labute approximate surface area is 88.2 Å². The SMILES string of the molecule is NCC(=O)C1=CC=CC2NC(CO)=CC12. The summed E-state index contributed by atoms with van der Waals surface area (Å²) in [6.07, 6.45) is 7.53. The number of hydrogen-bond acceptors (Lipinski definition) is 4. The molecule has 2 rings (SSSR count). The standard InChI is InChI=1S/C11H14N2O2/c12-5-11(15)8-2-1-3-10-9(8)4-7(6-14)13-10/h1-4,9-10,13-14H,5-6,12H2. The molecule has 4 heteroatoms. The first kappa shape index (κ1) is 10.1. The van der Waals surface area contributed by atoms with E-state index in [-0.39, 0.29) is 30.9 Å². The number of allylic oxidation sites excluding steroid dienone is 2. The number of ketones is 1. The third-order valence-corrected chi connectivity index (χ3v) is 2.75. The predicted molar refractivity (Wildman–Crippen MR) is 56.9 cm³/mol. The van der Waals surface area contributed by atoms with E-state index >= 15 is 0 Å². The molecule has 0 aromatic heterocycles. The van der Waals surface area contributed by atoms with Crippen molar-refractivity contribution in [3.05, 3.63) is 35.6 Å². The lowest BCUT2D eigenvalue weighted by atomic mass is 9.86. The Balaban J connectivity index is 2.25. The van der Waals surface area contributed by atoms with E-state index in [0.717, 1.165) is 11.3 Å². The van der Waals surface area contributed by atoms with Gasteiger partial charge in [-0.2, -0.15) is 0 Å². The first-order valence-corrected chi connectivity index (χ1v) is 4.96. The highest BCUT2D eigenvalue weighted by Gasteiger charge is 2.31. The number of hydrogen-bond donors (Lipinski definition) is 3. The summed E-state index contributed by atoms with van der Waals surface area (Å²) in [6.45, 7) is 0.0100. The molecule has 0 bridgehead atoms. The number of fused-ring (bicyclic) bond motifs is 1. The first-order chi connectivity index (χ1) is 7.26. The molecule has 0 aromatic carbocycles. The van der Waals surface area contributed by atoms with Crippen molar-refractivity contribution in [2.45, 2.75) is 6.04 Å². The zero-order chi connectivity index (χ0) is 10.8. The fourth-order valence-corrected chi connectivity index (χ4v) is 2.01. The second-order valence-corrected chi connectivity index (χ2v) is 3.68. The Morgan fingerprint density at radius 2 is 2.40 bits per heavy atom. The van der Waals surface area contributed by atoms with Gasteiger partial charge in [-0.15, -0.1) is 0 Å². The molecule has 2 unspecified atom stereocenters. The van der Waals surface area contributed by atoms with Gasteiger partial charge in [-0.3, -0.25) is 4.79 Å². The van der Waals surface area contributed by atoms with Crippen molar-refractivity contribution in [2.75, 3.05) is 13.2 Å². The summed E-state index contributed by atoms with van der Waals surface area (Å²) >= 11 is 0. The summed E-state index contributed by atoms with van der Waals surface area (Å²) in [5.74, 6) is -0.0141. The summed E-state index contributed by atoms with van der Waals surface area (Å²) in [5.41, 5.74) is 6.84. The molecule has 1 aliphatic heterocycles. The monoisotopic (exact) mass is 206 g/mol. The van der Waals surface area contributed by atoms with Crippen LogP contribution < -0.4 is 11.1 Å². The van der Waals surface area contributed by atoms with Gasteiger partial charge in [-0.1, -0.05) is 24.3 Å². The molecule has 15 heavy (non-hydrogen) atoms. The highest BCUT2D eigenvalue weighted by molar-refractivity contribution is 5.98. The Kier molecular flexibility index (Phi) is 2.70. The van der Waals surface area contributed by atoms with Crippen LogP contribution in [0.4, 0.5) is 0 Å². The molecular formula is C11H14N2O2. The van der Waals surface area contributed by atoms with Crippen LogP contribution in [0.5, 0.6) is 0 Å². The fraction of sp³-hybridized carbons (Fsp3) is 0.364. The lowest BCUT2D eigenvalue weighted by molar-refractivity contribution is -0.114. The van der Waals surface area contributed by atoms with Crippen molar-refractivity contribution in [3.63, 3.8) is 0 Å². The summed E-state index contributed by atoms with van der Waals surface area (Å²) < 4.78 is 0. The highest BCUT2D eigenvalue weighted by atomic mass is 16.3. The topological polar surface area (TPSA) is 75.4 Å². The van der Waals surface area contributed by atoms with Crippen LogP contribution in [0.15, 0.2) is 35.6 Å². The van der Waals surface area contributed by atoms with Crippen molar-refractivity contribution in [2.24, 2.45) is 11.7 Å². The number of carbonyl (C=O) groups is 1. The largest absolute Gasteiger partial charge is 0.390 e. The van der Waals surface area contributed by atoms with Crippen LogP contribution in [-0.2, 0) is 4.79 Å². The van der Waals surface area contributed by atoms with Gasteiger partial charge in [0.15, 0.2) is 5.78 Å². The van der Waals surface area contributed by atoms with Gasteiger partial charge in [0, 0.05) is 17.2 Å². The molecule has 0 saturated heterocycles. The van der Waals surface area contributed by atoms with Crippen LogP contribution in [0.3, 0.4) is 0 Å². The van der Waals surface area contributed by atoms with Crippen molar-refractivity contribution in [1.29, 1.82) is 0 Å². The second kappa shape index (κ2) is 4.00. The minimum Gasteiger partial charge on any atom is -0.390 e. The van der Waals surface area contributed by atoms with Crippen molar-refractivity contribution in [3.8, 4) is 0 Å². The van der Waals surface area contributed by atoms with Gasteiger partial charge in [0.05, 0.1) is 19.2 Å². The molecule has 2 atom stereocenters. The molecule has 4 N–H and O–H groups in total. The van der Waals surface area contributed by atoms with E-state index in [2.05, 4.69) is 5.32 Å². The van der Waals surface area contributed by atoms with Gasteiger partial charge < -0.3 is 16.2 Å². The number of nitrogens with one attached hydrogen (secondary N) is 1. The maximum Gasteiger partial charge on any atom is 0.173 e.